The minimum absolute atomic E-state index is 0.131. The number of rotatable bonds is 2. The first kappa shape index (κ1) is 12.0. The normalized spacial score (nSPS) is 19.1. The molecule has 1 aliphatic rings. The second-order valence-corrected chi connectivity index (χ2v) is 4.71. The highest BCUT2D eigenvalue weighted by molar-refractivity contribution is 5.81. The van der Waals surface area contributed by atoms with Gasteiger partial charge in [0.05, 0.1) is 7.11 Å². The number of anilines is 1. The van der Waals surface area contributed by atoms with Crippen molar-refractivity contribution in [2.45, 2.75) is 38.8 Å². The molecule has 0 bridgehead atoms. The van der Waals surface area contributed by atoms with Crippen LogP contribution in [-0.2, 0) is 16.0 Å². The Balaban J connectivity index is 2.39. The van der Waals surface area contributed by atoms with Crippen molar-refractivity contribution in [3.8, 4) is 0 Å². The second kappa shape index (κ2) is 4.78. The lowest BCUT2D eigenvalue weighted by molar-refractivity contribution is -0.142. The number of carbonyl (C=O) groups is 1. The van der Waals surface area contributed by atoms with Crippen molar-refractivity contribution in [3.63, 3.8) is 0 Å². The van der Waals surface area contributed by atoms with Crippen LogP contribution in [0.5, 0.6) is 0 Å². The smallest absolute Gasteiger partial charge is 0.328 e. The van der Waals surface area contributed by atoms with E-state index in [4.69, 9.17) is 4.74 Å². The van der Waals surface area contributed by atoms with E-state index in [2.05, 4.69) is 36.9 Å². The molecule has 0 spiro atoms. The molecule has 1 aliphatic heterocycles. The van der Waals surface area contributed by atoms with Gasteiger partial charge in [-0.2, -0.15) is 0 Å². The SMILES string of the molecule is COC(=O)C1CCc2ccccc2N1C(C)C. The summed E-state index contributed by atoms with van der Waals surface area (Å²) in [5.74, 6) is -0.131. The van der Waals surface area contributed by atoms with Crippen molar-refractivity contribution >= 4 is 11.7 Å². The van der Waals surface area contributed by atoms with Crippen molar-refractivity contribution in [3.05, 3.63) is 29.8 Å². The molecule has 1 atom stereocenters. The highest BCUT2D eigenvalue weighted by Gasteiger charge is 2.33. The van der Waals surface area contributed by atoms with Crippen LogP contribution >= 0.6 is 0 Å². The van der Waals surface area contributed by atoms with E-state index in [1.807, 2.05) is 6.07 Å². The molecule has 0 N–H and O–H groups in total. The Morgan fingerprint density at radius 1 is 1.41 bits per heavy atom. The van der Waals surface area contributed by atoms with Crippen molar-refractivity contribution < 1.29 is 9.53 Å². The van der Waals surface area contributed by atoms with E-state index < -0.39 is 0 Å². The molecule has 1 aromatic carbocycles. The lowest BCUT2D eigenvalue weighted by atomic mass is 9.94. The van der Waals surface area contributed by atoms with Gasteiger partial charge >= 0.3 is 5.97 Å². The summed E-state index contributed by atoms with van der Waals surface area (Å²) in [5, 5.41) is 0. The maximum atomic E-state index is 11.8. The molecule has 3 heteroatoms. The minimum Gasteiger partial charge on any atom is -0.467 e. The molecule has 1 heterocycles. The van der Waals surface area contributed by atoms with Crippen LogP contribution in [0.3, 0.4) is 0 Å². The van der Waals surface area contributed by atoms with Crippen LogP contribution in [-0.4, -0.2) is 25.2 Å². The molecular formula is C14H19NO2. The Bertz CT molecular complexity index is 414. The van der Waals surface area contributed by atoms with Gasteiger partial charge in [0.25, 0.3) is 0 Å². The number of carbonyl (C=O) groups excluding carboxylic acids is 1. The Kier molecular flexibility index (Phi) is 3.36. The van der Waals surface area contributed by atoms with Crippen molar-refractivity contribution in [1.82, 2.24) is 0 Å². The number of benzene rings is 1. The van der Waals surface area contributed by atoms with Gasteiger partial charge < -0.3 is 9.64 Å². The molecule has 0 aliphatic carbocycles. The highest BCUT2D eigenvalue weighted by Crippen LogP contribution is 2.32. The summed E-state index contributed by atoms with van der Waals surface area (Å²) in [6.07, 6.45) is 1.78. The fourth-order valence-corrected chi connectivity index (χ4v) is 2.58. The maximum absolute atomic E-state index is 11.8. The molecule has 2 rings (SSSR count). The zero-order chi connectivity index (χ0) is 12.4. The number of fused-ring (bicyclic) bond motifs is 1. The van der Waals surface area contributed by atoms with Crippen LogP contribution in [0.25, 0.3) is 0 Å². The number of methoxy groups -OCH3 is 1. The lowest BCUT2D eigenvalue weighted by Gasteiger charge is -2.40. The van der Waals surface area contributed by atoms with E-state index in [1.165, 1.54) is 18.4 Å². The zero-order valence-corrected chi connectivity index (χ0v) is 10.6. The Hall–Kier alpha value is -1.51. The van der Waals surface area contributed by atoms with E-state index in [-0.39, 0.29) is 12.0 Å². The number of aryl methyl sites for hydroxylation is 1. The first-order chi connectivity index (χ1) is 8.15. The summed E-state index contributed by atoms with van der Waals surface area (Å²) < 4.78 is 4.90. The Labute approximate surface area is 102 Å². The van der Waals surface area contributed by atoms with Gasteiger partial charge in [-0.15, -0.1) is 0 Å². The molecule has 0 amide bonds. The number of nitrogens with zero attached hydrogens (tertiary/aromatic N) is 1. The Morgan fingerprint density at radius 2 is 2.12 bits per heavy atom. The largest absolute Gasteiger partial charge is 0.467 e. The van der Waals surface area contributed by atoms with Gasteiger partial charge in [0.1, 0.15) is 6.04 Å². The van der Waals surface area contributed by atoms with Gasteiger partial charge in [-0.25, -0.2) is 4.79 Å². The topological polar surface area (TPSA) is 29.5 Å². The summed E-state index contributed by atoms with van der Waals surface area (Å²) in [6, 6.07) is 8.45. The maximum Gasteiger partial charge on any atom is 0.328 e. The molecule has 0 radical (unpaired) electrons. The van der Waals surface area contributed by atoms with Gasteiger partial charge in [0.15, 0.2) is 0 Å². The average Bonchev–Trinajstić information content (AvgIpc) is 2.36. The van der Waals surface area contributed by atoms with E-state index in [1.54, 1.807) is 0 Å². The van der Waals surface area contributed by atoms with Crippen LogP contribution in [0.1, 0.15) is 25.8 Å². The first-order valence-electron chi connectivity index (χ1n) is 6.09. The monoisotopic (exact) mass is 233 g/mol. The van der Waals surface area contributed by atoms with Crippen LogP contribution in [0.2, 0.25) is 0 Å². The fourth-order valence-electron chi connectivity index (χ4n) is 2.58. The van der Waals surface area contributed by atoms with Crippen LogP contribution in [0.4, 0.5) is 5.69 Å². The summed E-state index contributed by atoms with van der Waals surface area (Å²) in [4.78, 5) is 14.0. The minimum atomic E-state index is -0.144. The van der Waals surface area contributed by atoms with Gasteiger partial charge in [-0.1, -0.05) is 18.2 Å². The van der Waals surface area contributed by atoms with Gasteiger partial charge in [-0.05, 0) is 38.3 Å². The second-order valence-electron chi connectivity index (χ2n) is 4.71. The predicted molar refractivity (Wildman–Crippen MR) is 68.2 cm³/mol. The molecule has 1 aromatic rings. The predicted octanol–water partition coefficient (Wildman–Crippen LogP) is 2.39. The molecular weight excluding hydrogens is 214 g/mol. The van der Waals surface area contributed by atoms with Gasteiger partial charge in [-0.3, -0.25) is 0 Å². The van der Waals surface area contributed by atoms with E-state index >= 15 is 0 Å². The van der Waals surface area contributed by atoms with Crippen molar-refractivity contribution in [1.29, 1.82) is 0 Å². The molecule has 0 saturated carbocycles. The van der Waals surface area contributed by atoms with Gasteiger partial charge in [0, 0.05) is 11.7 Å². The highest BCUT2D eigenvalue weighted by atomic mass is 16.5. The van der Waals surface area contributed by atoms with Crippen LogP contribution in [0.15, 0.2) is 24.3 Å². The molecule has 17 heavy (non-hydrogen) atoms. The molecule has 0 aromatic heterocycles. The third-order valence-electron chi connectivity index (χ3n) is 3.32. The summed E-state index contributed by atoms with van der Waals surface area (Å²) in [5.41, 5.74) is 2.49. The molecule has 92 valence electrons. The summed E-state index contributed by atoms with van der Waals surface area (Å²) in [6.45, 7) is 4.22. The zero-order valence-electron chi connectivity index (χ0n) is 10.6. The third-order valence-corrected chi connectivity index (χ3v) is 3.32. The number of hydrogen-bond acceptors (Lipinski definition) is 3. The molecule has 3 nitrogen and oxygen atoms in total. The molecule has 0 fully saturated rings. The van der Waals surface area contributed by atoms with Crippen molar-refractivity contribution in [2.75, 3.05) is 12.0 Å². The van der Waals surface area contributed by atoms with Crippen molar-refractivity contribution in [2.24, 2.45) is 0 Å². The van der Waals surface area contributed by atoms with E-state index in [9.17, 15) is 4.79 Å². The Morgan fingerprint density at radius 3 is 2.76 bits per heavy atom. The van der Waals surface area contributed by atoms with Crippen LogP contribution in [0, 0.1) is 0 Å². The van der Waals surface area contributed by atoms with E-state index in [0.29, 0.717) is 6.04 Å². The summed E-state index contributed by atoms with van der Waals surface area (Å²) in [7, 11) is 1.46. The lowest BCUT2D eigenvalue weighted by Crippen LogP contribution is -2.48. The number of ether oxygens (including phenoxy) is 1. The first-order valence-corrected chi connectivity index (χ1v) is 6.09. The van der Waals surface area contributed by atoms with Gasteiger partial charge in [0.2, 0.25) is 0 Å². The number of para-hydroxylation sites is 1. The number of esters is 1. The quantitative estimate of drug-likeness (QED) is 0.735. The van der Waals surface area contributed by atoms with Crippen LogP contribution < -0.4 is 4.90 Å². The number of hydrogen-bond donors (Lipinski definition) is 0. The van der Waals surface area contributed by atoms with E-state index in [0.717, 1.165) is 12.8 Å². The molecule has 1 unspecified atom stereocenters. The average molecular weight is 233 g/mol. The molecule has 0 saturated heterocycles. The summed E-state index contributed by atoms with van der Waals surface area (Å²) >= 11 is 0. The fraction of sp³-hybridized carbons (Fsp3) is 0.500. The third kappa shape index (κ3) is 2.14. The standard InChI is InChI=1S/C14H19NO2/c1-10(2)15-12-7-5-4-6-11(12)8-9-13(15)14(16)17-3/h4-7,10,13H,8-9H2,1-3H3.